The van der Waals surface area contributed by atoms with Crippen molar-refractivity contribution < 1.29 is 14.3 Å². The fourth-order valence-electron chi connectivity index (χ4n) is 2.93. The molecule has 1 amide bonds. The second kappa shape index (κ2) is 7.83. The average Bonchev–Trinajstić information content (AvgIpc) is 2.95. The molecule has 0 saturated carbocycles. The number of hydrogen-bond donors (Lipinski definition) is 1. The Labute approximate surface area is 152 Å². The van der Waals surface area contributed by atoms with E-state index in [2.05, 4.69) is 11.6 Å². The summed E-state index contributed by atoms with van der Waals surface area (Å²) in [6.07, 6.45) is 3.08. The second-order valence-corrected chi connectivity index (χ2v) is 6.97. The lowest BCUT2D eigenvalue weighted by molar-refractivity contribution is 0.102. The van der Waals surface area contributed by atoms with Crippen LogP contribution < -0.4 is 14.8 Å². The highest BCUT2D eigenvalue weighted by Crippen LogP contribution is 2.38. The quantitative estimate of drug-likeness (QED) is 0.825. The molecule has 25 heavy (non-hydrogen) atoms. The fourth-order valence-corrected chi connectivity index (χ4v) is 3.45. The molecule has 2 aromatic carbocycles. The van der Waals surface area contributed by atoms with Crippen LogP contribution in [0.3, 0.4) is 0 Å². The molecule has 0 aromatic heterocycles. The minimum absolute atomic E-state index is 0.150. The SMILES string of the molecule is CCOc1cc2c(cc1NC(=O)c1ccc(CSC)cc1)O[C@@H](C)C2. The lowest BCUT2D eigenvalue weighted by atomic mass is 10.1. The van der Waals surface area contributed by atoms with Crippen LogP contribution in [0.15, 0.2) is 36.4 Å². The van der Waals surface area contributed by atoms with E-state index in [1.807, 2.05) is 50.2 Å². The van der Waals surface area contributed by atoms with E-state index in [9.17, 15) is 4.79 Å². The van der Waals surface area contributed by atoms with Crippen molar-refractivity contribution in [1.29, 1.82) is 0 Å². The lowest BCUT2D eigenvalue weighted by Crippen LogP contribution is -2.13. The molecule has 0 radical (unpaired) electrons. The van der Waals surface area contributed by atoms with E-state index in [1.165, 1.54) is 5.56 Å². The molecule has 2 aromatic rings. The Bertz CT molecular complexity index is 758. The summed E-state index contributed by atoms with van der Waals surface area (Å²) in [5, 5.41) is 2.96. The zero-order valence-corrected chi connectivity index (χ0v) is 15.6. The third-order valence-electron chi connectivity index (χ3n) is 4.07. The molecule has 1 atom stereocenters. The number of anilines is 1. The Morgan fingerprint density at radius 1 is 1.32 bits per heavy atom. The van der Waals surface area contributed by atoms with Crippen molar-refractivity contribution in [2.24, 2.45) is 0 Å². The summed E-state index contributed by atoms with van der Waals surface area (Å²) < 4.78 is 11.5. The van der Waals surface area contributed by atoms with Gasteiger partial charge in [0.15, 0.2) is 0 Å². The normalized spacial score (nSPS) is 15.4. The predicted molar refractivity (Wildman–Crippen MR) is 103 cm³/mol. The van der Waals surface area contributed by atoms with Crippen LogP contribution in [0.2, 0.25) is 0 Å². The molecule has 0 saturated heterocycles. The number of rotatable bonds is 6. The summed E-state index contributed by atoms with van der Waals surface area (Å²) in [4.78, 5) is 12.6. The highest BCUT2D eigenvalue weighted by Gasteiger charge is 2.22. The summed E-state index contributed by atoms with van der Waals surface area (Å²) in [5.41, 5.74) is 3.60. The molecule has 4 nitrogen and oxygen atoms in total. The number of thioether (sulfide) groups is 1. The van der Waals surface area contributed by atoms with Gasteiger partial charge in [-0.05, 0) is 43.9 Å². The number of fused-ring (bicyclic) bond motifs is 1. The minimum Gasteiger partial charge on any atom is -0.492 e. The highest BCUT2D eigenvalue weighted by atomic mass is 32.2. The van der Waals surface area contributed by atoms with E-state index in [1.54, 1.807) is 11.8 Å². The van der Waals surface area contributed by atoms with Crippen LogP contribution in [0.1, 0.15) is 35.3 Å². The molecule has 132 valence electrons. The Balaban J connectivity index is 1.81. The molecule has 1 heterocycles. The Morgan fingerprint density at radius 3 is 2.76 bits per heavy atom. The van der Waals surface area contributed by atoms with Crippen LogP contribution in [0.4, 0.5) is 5.69 Å². The number of benzene rings is 2. The first-order valence-electron chi connectivity index (χ1n) is 8.46. The van der Waals surface area contributed by atoms with Gasteiger partial charge in [-0.25, -0.2) is 0 Å². The van der Waals surface area contributed by atoms with Crippen LogP contribution >= 0.6 is 11.8 Å². The van der Waals surface area contributed by atoms with Crippen molar-refractivity contribution in [3.63, 3.8) is 0 Å². The molecule has 5 heteroatoms. The molecule has 0 fully saturated rings. The number of hydrogen-bond acceptors (Lipinski definition) is 4. The Morgan fingerprint density at radius 2 is 2.08 bits per heavy atom. The fraction of sp³-hybridized carbons (Fsp3) is 0.350. The third-order valence-corrected chi connectivity index (χ3v) is 4.70. The topological polar surface area (TPSA) is 47.6 Å². The number of carbonyl (C=O) groups excluding carboxylic acids is 1. The van der Waals surface area contributed by atoms with E-state index in [0.29, 0.717) is 23.6 Å². The van der Waals surface area contributed by atoms with Crippen LogP contribution in [0.25, 0.3) is 0 Å². The van der Waals surface area contributed by atoms with E-state index < -0.39 is 0 Å². The second-order valence-electron chi connectivity index (χ2n) is 6.11. The first-order valence-corrected chi connectivity index (χ1v) is 9.85. The molecule has 3 rings (SSSR count). The van der Waals surface area contributed by atoms with Gasteiger partial charge in [0.1, 0.15) is 17.6 Å². The largest absolute Gasteiger partial charge is 0.492 e. The maximum absolute atomic E-state index is 12.6. The lowest BCUT2D eigenvalue weighted by Gasteiger charge is -2.14. The molecule has 1 aliphatic heterocycles. The van der Waals surface area contributed by atoms with Crippen molar-refractivity contribution >= 4 is 23.4 Å². The molecule has 0 spiro atoms. The van der Waals surface area contributed by atoms with E-state index in [0.717, 1.165) is 23.5 Å². The monoisotopic (exact) mass is 357 g/mol. The van der Waals surface area contributed by atoms with Gasteiger partial charge in [-0.3, -0.25) is 4.79 Å². The molecule has 1 aliphatic rings. The van der Waals surface area contributed by atoms with Crippen LogP contribution in [0.5, 0.6) is 11.5 Å². The van der Waals surface area contributed by atoms with Gasteiger partial charge >= 0.3 is 0 Å². The smallest absolute Gasteiger partial charge is 0.255 e. The van der Waals surface area contributed by atoms with Crippen LogP contribution in [-0.4, -0.2) is 24.9 Å². The Kier molecular flexibility index (Phi) is 5.53. The first-order chi connectivity index (χ1) is 12.1. The van der Waals surface area contributed by atoms with Crippen molar-refractivity contribution in [3.8, 4) is 11.5 Å². The maximum Gasteiger partial charge on any atom is 0.255 e. The molecule has 1 N–H and O–H groups in total. The highest BCUT2D eigenvalue weighted by molar-refractivity contribution is 7.97. The number of nitrogens with one attached hydrogen (secondary N) is 1. The van der Waals surface area contributed by atoms with Gasteiger partial charge in [0, 0.05) is 29.4 Å². The molecular weight excluding hydrogens is 334 g/mol. The zero-order chi connectivity index (χ0) is 17.8. The van der Waals surface area contributed by atoms with Gasteiger partial charge < -0.3 is 14.8 Å². The standard InChI is InChI=1S/C20H23NO3S/c1-4-23-19-10-16-9-13(2)24-18(16)11-17(19)21-20(22)15-7-5-14(6-8-15)12-25-3/h5-8,10-11,13H,4,9,12H2,1-3H3,(H,21,22)/t13-/m0/s1. The van der Waals surface area contributed by atoms with Crippen molar-refractivity contribution in [2.45, 2.75) is 32.1 Å². The first kappa shape index (κ1) is 17.7. The summed E-state index contributed by atoms with van der Waals surface area (Å²) >= 11 is 1.76. The van der Waals surface area contributed by atoms with Gasteiger partial charge in [-0.2, -0.15) is 11.8 Å². The van der Waals surface area contributed by atoms with Gasteiger partial charge in [0.05, 0.1) is 12.3 Å². The number of amides is 1. The van der Waals surface area contributed by atoms with Crippen molar-refractivity contribution in [3.05, 3.63) is 53.1 Å². The predicted octanol–water partition coefficient (Wildman–Crippen LogP) is 4.52. The number of ether oxygens (including phenoxy) is 2. The van der Waals surface area contributed by atoms with Gasteiger partial charge in [-0.15, -0.1) is 0 Å². The summed E-state index contributed by atoms with van der Waals surface area (Å²) in [7, 11) is 0. The van der Waals surface area contributed by atoms with E-state index in [4.69, 9.17) is 9.47 Å². The van der Waals surface area contributed by atoms with E-state index >= 15 is 0 Å². The summed E-state index contributed by atoms with van der Waals surface area (Å²) in [6, 6.07) is 11.5. The summed E-state index contributed by atoms with van der Waals surface area (Å²) in [6.45, 7) is 4.51. The zero-order valence-electron chi connectivity index (χ0n) is 14.8. The van der Waals surface area contributed by atoms with Crippen LogP contribution in [-0.2, 0) is 12.2 Å². The Hall–Kier alpha value is -2.14. The molecule has 0 unspecified atom stereocenters. The molecular formula is C20H23NO3S. The molecule has 0 bridgehead atoms. The minimum atomic E-state index is -0.150. The average molecular weight is 357 g/mol. The van der Waals surface area contributed by atoms with Gasteiger partial charge in [0.2, 0.25) is 0 Å². The van der Waals surface area contributed by atoms with Crippen molar-refractivity contribution in [2.75, 3.05) is 18.2 Å². The van der Waals surface area contributed by atoms with Crippen molar-refractivity contribution in [1.82, 2.24) is 0 Å². The van der Waals surface area contributed by atoms with Gasteiger partial charge in [0.25, 0.3) is 5.91 Å². The molecule has 0 aliphatic carbocycles. The third kappa shape index (κ3) is 4.10. The maximum atomic E-state index is 12.6. The van der Waals surface area contributed by atoms with E-state index in [-0.39, 0.29) is 12.0 Å². The van der Waals surface area contributed by atoms with Crippen LogP contribution in [0, 0.1) is 0 Å². The summed E-state index contributed by atoms with van der Waals surface area (Å²) in [5.74, 6) is 2.30. The number of carbonyl (C=O) groups is 1. The van der Waals surface area contributed by atoms with Gasteiger partial charge in [-0.1, -0.05) is 12.1 Å².